The number of rotatable bonds is 3. The van der Waals surface area contributed by atoms with E-state index in [9.17, 15) is 9.18 Å². The molecule has 2 rings (SSSR count). The zero-order valence-corrected chi connectivity index (χ0v) is 11.5. The van der Waals surface area contributed by atoms with Crippen molar-refractivity contribution < 1.29 is 13.9 Å². The molecule has 98 valence electrons. The number of ether oxygens (including phenoxy) is 1. The third-order valence-electron chi connectivity index (χ3n) is 2.55. The highest BCUT2D eigenvalue weighted by molar-refractivity contribution is 9.10. The van der Waals surface area contributed by atoms with E-state index in [1.54, 1.807) is 30.3 Å². The fraction of sp³-hybridized carbons (Fsp3) is 0.0714. The van der Waals surface area contributed by atoms with Crippen LogP contribution in [-0.4, -0.2) is 5.97 Å². The van der Waals surface area contributed by atoms with Crippen LogP contribution in [0, 0.1) is 5.82 Å². The van der Waals surface area contributed by atoms with Crippen LogP contribution in [0.4, 0.5) is 10.1 Å². The van der Waals surface area contributed by atoms with E-state index in [0.717, 1.165) is 0 Å². The number of benzene rings is 2. The van der Waals surface area contributed by atoms with Gasteiger partial charge in [-0.15, -0.1) is 0 Å². The number of anilines is 1. The highest BCUT2D eigenvalue weighted by Gasteiger charge is 2.11. The maximum Gasteiger partial charge on any atom is 0.340 e. The Morgan fingerprint density at radius 2 is 2.00 bits per heavy atom. The fourth-order valence-corrected chi connectivity index (χ4v) is 1.92. The van der Waals surface area contributed by atoms with Gasteiger partial charge in [0.25, 0.3) is 0 Å². The fourth-order valence-electron chi connectivity index (χ4n) is 1.56. The van der Waals surface area contributed by atoms with Crippen molar-refractivity contribution in [2.45, 2.75) is 6.61 Å². The van der Waals surface area contributed by atoms with Gasteiger partial charge in [-0.3, -0.25) is 0 Å². The van der Waals surface area contributed by atoms with Crippen molar-refractivity contribution in [2.75, 3.05) is 5.73 Å². The lowest BCUT2D eigenvalue weighted by Gasteiger charge is -2.08. The molecule has 0 aliphatic carbocycles. The van der Waals surface area contributed by atoms with Gasteiger partial charge in [-0.1, -0.05) is 28.1 Å². The predicted molar refractivity (Wildman–Crippen MR) is 74.1 cm³/mol. The second-order valence-electron chi connectivity index (χ2n) is 3.90. The Morgan fingerprint density at radius 1 is 1.26 bits per heavy atom. The molecule has 0 amide bonds. The monoisotopic (exact) mass is 323 g/mol. The molecule has 2 aromatic carbocycles. The number of para-hydroxylation sites is 1. The minimum absolute atomic E-state index is 0.0223. The molecule has 0 radical (unpaired) electrons. The van der Waals surface area contributed by atoms with Crippen molar-refractivity contribution in [3.63, 3.8) is 0 Å². The molecule has 0 aliphatic rings. The number of carbonyl (C=O) groups excluding carboxylic acids is 1. The summed E-state index contributed by atoms with van der Waals surface area (Å²) >= 11 is 3.27. The summed E-state index contributed by atoms with van der Waals surface area (Å²) < 4.78 is 18.9. The summed E-state index contributed by atoms with van der Waals surface area (Å²) in [5, 5.41) is 0. The molecule has 0 saturated carbocycles. The van der Waals surface area contributed by atoms with Gasteiger partial charge >= 0.3 is 5.97 Å². The van der Waals surface area contributed by atoms with Crippen LogP contribution in [0.2, 0.25) is 0 Å². The van der Waals surface area contributed by atoms with Gasteiger partial charge in [0.2, 0.25) is 0 Å². The summed E-state index contributed by atoms with van der Waals surface area (Å²) in [7, 11) is 0. The van der Waals surface area contributed by atoms with Gasteiger partial charge in [-0.25, -0.2) is 9.18 Å². The Bertz CT molecular complexity index is 616. The Kier molecular flexibility index (Phi) is 4.16. The zero-order valence-electron chi connectivity index (χ0n) is 9.90. The highest BCUT2D eigenvalue weighted by Crippen LogP contribution is 2.20. The molecule has 19 heavy (non-hydrogen) atoms. The van der Waals surface area contributed by atoms with Crippen LogP contribution in [0.25, 0.3) is 0 Å². The maximum atomic E-state index is 13.1. The lowest BCUT2D eigenvalue weighted by atomic mass is 10.2. The number of nitrogens with two attached hydrogens (primary N) is 1. The van der Waals surface area contributed by atoms with Gasteiger partial charge in [0.05, 0.1) is 5.56 Å². The van der Waals surface area contributed by atoms with E-state index in [-0.39, 0.29) is 12.4 Å². The molecule has 0 saturated heterocycles. The van der Waals surface area contributed by atoms with E-state index in [4.69, 9.17) is 10.5 Å². The van der Waals surface area contributed by atoms with Crippen molar-refractivity contribution in [3.8, 4) is 0 Å². The average molecular weight is 324 g/mol. The Hall–Kier alpha value is -1.88. The van der Waals surface area contributed by atoms with Crippen LogP contribution in [0.1, 0.15) is 15.9 Å². The van der Waals surface area contributed by atoms with E-state index in [0.29, 0.717) is 21.3 Å². The normalized spacial score (nSPS) is 10.2. The quantitative estimate of drug-likeness (QED) is 0.694. The predicted octanol–water partition coefficient (Wildman–Crippen LogP) is 3.53. The van der Waals surface area contributed by atoms with Crippen molar-refractivity contribution in [1.82, 2.24) is 0 Å². The van der Waals surface area contributed by atoms with Crippen molar-refractivity contribution in [3.05, 3.63) is 63.9 Å². The lowest BCUT2D eigenvalue weighted by Crippen LogP contribution is -2.08. The largest absolute Gasteiger partial charge is 0.457 e. The highest BCUT2D eigenvalue weighted by atomic mass is 79.9. The molecule has 0 heterocycles. The first-order valence-electron chi connectivity index (χ1n) is 5.53. The maximum absolute atomic E-state index is 13.1. The summed E-state index contributed by atoms with van der Waals surface area (Å²) in [6, 6.07) is 10.8. The van der Waals surface area contributed by atoms with Crippen LogP contribution in [0.15, 0.2) is 46.9 Å². The number of hydrogen-bond acceptors (Lipinski definition) is 3. The second kappa shape index (κ2) is 5.84. The van der Waals surface area contributed by atoms with Crippen molar-refractivity contribution in [1.29, 1.82) is 0 Å². The van der Waals surface area contributed by atoms with Crippen molar-refractivity contribution in [2.24, 2.45) is 0 Å². The molecule has 0 atom stereocenters. The van der Waals surface area contributed by atoms with E-state index in [1.807, 2.05) is 0 Å². The third kappa shape index (κ3) is 3.32. The zero-order chi connectivity index (χ0) is 13.8. The minimum atomic E-state index is -0.533. The van der Waals surface area contributed by atoms with Gasteiger partial charge in [0.1, 0.15) is 12.4 Å². The molecule has 2 aromatic rings. The van der Waals surface area contributed by atoms with Gasteiger partial charge in [0.15, 0.2) is 0 Å². The Morgan fingerprint density at radius 3 is 2.74 bits per heavy atom. The summed E-state index contributed by atoms with van der Waals surface area (Å²) in [4.78, 5) is 11.8. The first-order valence-corrected chi connectivity index (χ1v) is 6.33. The molecule has 0 aliphatic heterocycles. The number of hydrogen-bond donors (Lipinski definition) is 1. The van der Waals surface area contributed by atoms with E-state index >= 15 is 0 Å². The molecule has 0 spiro atoms. The van der Waals surface area contributed by atoms with Crippen LogP contribution in [-0.2, 0) is 11.3 Å². The van der Waals surface area contributed by atoms with Crippen LogP contribution < -0.4 is 5.73 Å². The smallest absolute Gasteiger partial charge is 0.340 e. The molecule has 0 fully saturated rings. The molecular formula is C14H11BrFNO2. The van der Waals surface area contributed by atoms with Crippen LogP contribution in [0.5, 0.6) is 0 Å². The number of nitrogen functional groups attached to an aromatic ring is 1. The van der Waals surface area contributed by atoms with Crippen molar-refractivity contribution >= 4 is 27.6 Å². The minimum Gasteiger partial charge on any atom is -0.457 e. The lowest BCUT2D eigenvalue weighted by molar-refractivity contribution is 0.0473. The molecule has 5 heteroatoms. The molecule has 2 N–H and O–H groups in total. The van der Waals surface area contributed by atoms with Crippen LogP contribution in [0.3, 0.4) is 0 Å². The number of halogens is 2. The van der Waals surface area contributed by atoms with E-state index in [2.05, 4.69) is 15.9 Å². The van der Waals surface area contributed by atoms with Crippen LogP contribution >= 0.6 is 15.9 Å². The first-order chi connectivity index (χ1) is 9.08. The summed E-state index contributed by atoms with van der Waals surface area (Å²) in [6.45, 7) is -0.0223. The Labute approximate surface area is 118 Å². The first kappa shape index (κ1) is 13.5. The number of carbonyl (C=O) groups is 1. The van der Waals surface area contributed by atoms with Gasteiger partial charge in [-0.2, -0.15) is 0 Å². The van der Waals surface area contributed by atoms with E-state index < -0.39 is 5.97 Å². The summed E-state index contributed by atoms with van der Waals surface area (Å²) in [5.74, 6) is -0.914. The SMILES string of the molecule is Nc1ccccc1C(=O)OCc1cc(F)ccc1Br. The third-order valence-corrected chi connectivity index (χ3v) is 3.32. The van der Waals surface area contributed by atoms with Gasteiger partial charge < -0.3 is 10.5 Å². The standard InChI is InChI=1S/C14H11BrFNO2/c15-12-6-5-10(16)7-9(12)8-19-14(18)11-3-1-2-4-13(11)17/h1-7H,8,17H2. The topological polar surface area (TPSA) is 52.3 Å². The molecular weight excluding hydrogens is 313 g/mol. The second-order valence-corrected chi connectivity index (χ2v) is 4.75. The van der Waals surface area contributed by atoms with Gasteiger partial charge in [-0.05, 0) is 30.3 Å². The summed E-state index contributed by atoms with van der Waals surface area (Å²) in [5.41, 5.74) is 6.89. The molecule has 3 nitrogen and oxygen atoms in total. The Balaban J connectivity index is 2.09. The molecule has 0 bridgehead atoms. The average Bonchev–Trinajstić information content (AvgIpc) is 2.40. The number of esters is 1. The summed E-state index contributed by atoms with van der Waals surface area (Å²) in [6.07, 6.45) is 0. The van der Waals surface area contributed by atoms with Gasteiger partial charge in [0, 0.05) is 15.7 Å². The molecule has 0 unspecified atom stereocenters. The molecule has 0 aromatic heterocycles. The van der Waals surface area contributed by atoms with E-state index in [1.165, 1.54) is 12.1 Å².